The average molecular weight is 287 g/mol. The summed E-state index contributed by atoms with van der Waals surface area (Å²) in [4.78, 5) is 10.2. The maximum atomic E-state index is 11.7. The SMILES string of the molecule is O=C(O)CNS(=O)(=O)c1cccc(NN=C=S)c1. The van der Waals surface area contributed by atoms with Crippen molar-refractivity contribution in [1.29, 1.82) is 0 Å². The summed E-state index contributed by atoms with van der Waals surface area (Å²) in [7, 11) is -3.86. The zero-order chi connectivity index (χ0) is 13.6. The molecule has 0 heterocycles. The largest absolute Gasteiger partial charge is 0.480 e. The van der Waals surface area contributed by atoms with Gasteiger partial charge in [-0.25, -0.2) is 8.42 Å². The molecule has 3 N–H and O–H groups in total. The summed E-state index contributed by atoms with van der Waals surface area (Å²) in [6.07, 6.45) is 0. The first-order valence-electron chi connectivity index (χ1n) is 4.60. The maximum Gasteiger partial charge on any atom is 0.318 e. The summed E-state index contributed by atoms with van der Waals surface area (Å²) >= 11 is 4.35. The number of nitrogens with one attached hydrogen (secondary N) is 2. The molecule has 1 aromatic rings. The van der Waals surface area contributed by atoms with E-state index in [2.05, 4.69) is 27.9 Å². The summed E-state index contributed by atoms with van der Waals surface area (Å²) in [5.74, 6) is -1.27. The molecule has 0 fully saturated rings. The number of hydrogen-bond donors (Lipinski definition) is 3. The van der Waals surface area contributed by atoms with Crippen molar-refractivity contribution in [3.63, 3.8) is 0 Å². The van der Waals surface area contributed by atoms with Gasteiger partial charge < -0.3 is 5.11 Å². The minimum atomic E-state index is -3.86. The van der Waals surface area contributed by atoms with E-state index >= 15 is 0 Å². The number of hydrogen-bond acceptors (Lipinski definition) is 6. The molecule has 0 saturated carbocycles. The quantitative estimate of drug-likeness (QED) is 0.399. The third-order valence-electron chi connectivity index (χ3n) is 1.79. The Morgan fingerprint density at radius 3 is 2.83 bits per heavy atom. The maximum absolute atomic E-state index is 11.7. The van der Waals surface area contributed by atoms with Gasteiger partial charge in [0.25, 0.3) is 0 Å². The van der Waals surface area contributed by atoms with Gasteiger partial charge in [-0.2, -0.15) is 4.72 Å². The molecule has 0 bridgehead atoms. The first kappa shape index (κ1) is 14.3. The Morgan fingerprint density at radius 2 is 2.22 bits per heavy atom. The predicted molar refractivity (Wildman–Crippen MR) is 67.9 cm³/mol. The number of benzene rings is 1. The molecule has 0 spiro atoms. The Labute approximate surface area is 109 Å². The van der Waals surface area contributed by atoms with Crippen molar-refractivity contribution in [1.82, 2.24) is 4.72 Å². The van der Waals surface area contributed by atoms with E-state index in [1.807, 2.05) is 4.72 Å². The fraction of sp³-hybridized carbons (Fsp3) is 0.111. The lowest BCUT2D eigenvalue weighted by Gasteiger charge is -2.06. The van der Waals surface area contributed by atoms with Crippen LogP contribution in [0.15, 0.2) is 34.3 Å². The Balaban J connectivity index is 2.94. The predicted octanol–water partition coefficient (Wildman–Crippen LogP) is 0.479. The molecule has 1 aromatic carbocycles. The summed E-state index contributed by atoms with van der Waals surface area (Å²) < 4.78 is 25.3. The molecule has 0 aliphatic carbocycles. The molecule has 0 aliphatic rings. The molecule has 0 aliphatic heterocycles. The van der Waals surface area contributed by atoms with Gasteiger partial charge in [0, 0.05) is 0 Å². The third kappa shape index (κ3) is 4.22. The number of anilines is 1. The molecular weight excluding hydrogens is 278 g/mol. The zero-order valence-corrected chi connectivity index (χ0v) is 10.6. The van der Waals surface area contributed by atoms with Gasteiger partial charge >= 0.3 is 5.97 Å². The van der Waals surface area contributed by atoms with Crippen LogP contribution in [0.25, 0.3) is 0 Å². The van der Waals surface area contributed by atoms with E-state index in [1.54, 1.807) is 6.07 Å². The first-order valence-corrected chi connectivity index (χ1v) is 6.49. The molecule has 0 atom stereocenters. The van der Waals surface area contributed by atoms with Crippen LogP contribution in [-0.2, 0) is 14.8 Å². The third-order valence-corrected chi connectivity index (χ3v) is 3.28. The highest BCUT2D eigenvalue weighted by Crippen LogP contribution is 2.15. The van der Waals surface area contributed by atoms with Crippen molar-refractivity contribution in [3.05, 3.63) is 24.3 Å². The molecule has 7 nitrogen and oxygen atoms in total. The Morgan fingerprint density at radius 1 is 1.50 bits per heavy atom. The van der Waals surface area contributed by atoms with Crippen molar-refractivity contribution < 1.29 is 18.3 Å². The lowest BCUT2D eigenvalue weighted by atomic mass is 10.3. The van der Waals surface area contributed by atoms with Crippen LogP contribution in [-0.4, -0.2) is 31.2 Å². The van der Waals surface area contributed by atoms with Crippen LogP contribution < -0.4 is 10.1 Å². The monoisotopic (exact) mass is 287 g/mol. The number of nitrogens with zero attached hydrogens (tertiary/aromatic N) is 1. The van der Waals surface area contributed by atoms with Crippen molar-refractivity contribution >= 4 is 39.1 Å². The number of hydrazone groups is 1. The Hall–Kier alpha value is -1.80. The minimum Gasteiger partial charge on any atom is -0.480 e. The number of carboxylic acid groups (broad SMARTS) is 1. The van der Waals surface area contributed by atoms with Gasteiger partial charge in [-0.15, -0.1) is 5.10 Å². The van der Waals surface area contributed by atoms with Crippen molar-refractivity contribution in [2.24, 2.45) is 5.10 Å². The zero-order valence-electron chi connectivity index (χ0n) is 8.95. The van der Waals surface area contributed by atoms with Crippen LogP contribution in [0.4, 0.5) is 5.69 Å². The number of carbonyl (C=O) groups is 1. The van der Waals surface area contributed by atoms with E-state index in [0.717, 1.165) is 0 Å². The van der Waals surface area contributed by atoms with Gasteiger partial charge in [-0.1, -0.05) is 6.07 Å². The first-order chi connectivity index (χ1) is 8.45. The van der Waals surface area contributed by atoms with Gasteiger partial charge in [-0.3, -0.25) is 10.2 Å². The minimum absolute atomic E-state index is 0.0756. The Bertz CT molecular complexity index is 594. The highest BCUT2D eigenvalue weighted by Gasteiger charge is 2.15. The molecule has 9 heteroatoms. The second kappa shape index (κ2) is 6.22. The second-order valence-corrected chi connectivity index (χ2v) is 5.01. The van der Waals surface area contributed by atoms with E-state index < -0.39 is 22.5 Å². The number of aliphatic carboxylic acids is 1. The Kier molecular flexibility index (Phi) is 4.93. The van der Waals surface area contributed by atoms with Crippen LogP contribution in [0, 0.1) is 0 Å². The number of rotatable bonds is 6. The van der Waals surface area contributed by atoms with Crippen molar-refractivity contribution in [2.75, 3.05) is 12.0 Å². The van der Waals surface area contributed by atoms with E-state index in [4.69, 9.17) is 5.11 Å². The fourth-order valence-electron chi connectivity index (χ4n) is 1.06. The van der Waals surface area contributed by atoms with Crippen LogP contribution in [0.5, 0.6) is 0 Å². The lowest BCUT2D eigenvalue weighted by molar-refractivity contribution is -0.135. The van der Waals surface area contributed by atoms with Crippen molar-refractivity contribution in [2.45, 2.75) is 4.90 Å². The molecule has 0 unspecified atom stereocenters. The van der Waals surface area contributed by atoms with E-state index in [1.165, 1.54) is 18.2 Å². The smallest absolute Gasteiger partial charge is 0.318 e. The normalized spacial score (nSPS) is 10.4. The molecule has 0 aromatic heterocycles. The average Bonchev–Trinajstić information content (AvgIpc) is 2.34. The lowest BCUT2D eigenvalue weighted by Crippen LogP contribution is -2.29. The summed E-state index contributed by atoms with van der Waals surface area (Å²) in [6, 6.07) is 5.68. The number of thiocarbonyl (C=S) groups is 1. The van der Waals surface area contributed by atoms with Gasteiger partial charge in [0.2, 0.25) is 10.0 Å². The molecule has 96 valence electrons. The standard InChI is InChI=1S/C9H9N3O4S2/c13-9(14)5-11-18(15,16)8-3-1-2-7(4-8)12-10-6-17/h1-4,11-12H,5H2,(H,13,14). The molecule has 0 radical (unpaired) electrons. The summed E-state index contributed by atoms with van der Waals surface area (Å²) in [6.45, 7) is -0.682. The van der Waals surface area contributed by atoms with E-state index in [0.29, 0.717) is 5.69 Å². The van der Waals surface area contributed by atoms with Crippen LogP contribution in [0.1, 0.15) is 0 Å². The van der Waals surface area contributed by atoms with Crippen molar-refractivity contribution in [3.8, 4) is 0 Å². The number of isothiocyanates is 1. The van der Waals surface area contributed by atoms with Gasteiger partial charge in [-0.05, 0) is 30.4 Å². The van der Waals surface area contributed by atoms with E-state index in [-0.39, 0.29) is 4.90 Å². The van der Waals surface area contributed by atoms with Crippen LogP contribution >= 0.6 is 12.2 Å². The van der Waals surface area contributed by atoms with Gasteiger partial charge in [0.05, 0.1) is 15.7 Å². The molecule has 18 heavy (non-hydrogen) atoms. The number of carboxylic acids is 1. The summed E-state index contributed by atoms with van der Waals surface area (Å²) in [5, 5.41) is 13.9. The second-order valence-electron chi connectivity index (χ2n) is 3.06. The summed E-state index contributed by atoms with van der Waals surface area (Å²) in [5.41, 5.74) is 2.87. The van der Waals surface area contributed by atoms with Crippen LogP contribution in [0.2, 0.25) is 0 Å². The molecule has 0 amide bonds. The molecule has 1 rings (SSSR count). The molecule has 0 saturated heterocycles. The van der Waals surface area contributed by atoms with Gasteiger partial charge in [0.15, 0.2) is 0 Å². The molecular formula is C9H9N3O4S2. The van der Waals surface area contributed by atoms with Crippen LogP contribution in [0.3, 0.4) is 0 Å². The number of sulfonamides is 1. The highest BCUT2D eigenvalue weighted by molar-refractivity contribution is 7.89. The fourth-order valence-corrected chi connectivity index (χ4v) is 2.13. The highest BCUT2D eigenvalue weighted by atomic mass is 32.2. The van der Waals surface area contributed by atoms with Gasteiger partial charge in [0.1, 0.15) is 6.54 Å². The van der Waals surface area contributed by atoms with E-state index in [9.17, 15) is 13.2 Å². The topological polar surface area (TPSA) is 108 Å².